The number of hydrogen-bond acceptors (Lipinski definition) is 5. The zero-order chi connectivity index (χ0) is 13.9. The fraction of sp³-hybridized carbons (Fsp3) is 0.267. The second kappa shape index (κ2) is 5.63. The zero-order valence-electron chi connectivity index (χ0n) is 11.4. The molecule has 0 spiro atoms. The quantitative estimate of drug-likeness (QED) is 0.929. The topological polar surface area (TPSA) is 43.4 Å². The molecule has 2 heterocycles. The van der Waals surface area contributed by atoms with Crippen LogP contribution in [-0.2, 0) is 0 Å². The molecule has 1 unspecified atom stereocenters. The molecule has 0 saturated heterocycles. The van der Waals surface area contributed by atoms with Gasteiger partial charge in [0.2, 0.25) is 5.88 Å². The van der Waals surface area contributed by atoms with E-state index in [1.807, 2.05) is 37.4 Å². The van der Waals surface area contributed by atoms with E-state index in [-0.39, 0.29) is 5.37 Å². The van der Waals surface area contributed by atoms with Gasteiger partial charge in [-0.2, -0.15) is 0 Å². The van der Waals surface area contributed by atoms with Crippen molar-refractivity contribution in [3.63, 3.8) is 0 Å². The highest BCUT2D eigenvalue weighted by Gasteiger charge is 2.23. The van der Waals surface area contributed by atoms with Crippen LogP contribution in [0.1, 0.15) is 17.9 Å². The molecular weight excluding hydrogens is 272 g/mol. The zero-order valence-corrected chi connectivity index (χ0v) is 12.2. The summed E-state index contributed by atoms with van der Waals surface area (Å²) in [6.07, 6.45) is 1.86. The summed E-state index contributed by atoms with van der Waals surface area (Å²) < 4.78 is 10.6. The Morgan fingerprint density at radius 3 is 2.90 bits per heavy atom. The number of hydrogen-bond donors (Lipinski definition) is 1. The summed E-state index contributed by atoms with van der Waals surface area (Å²) in [7, 11) is 1.68. The molecule has 1 aliphatic heterocycles. The minimum absolute atomic E-state index is 0.181. The van der Waals surface area contributed by atoms with Crippen molar-refractivity contribution in [2.75, 3.05) is 19.0 Å². The van der Waals surface area contributed by atoms with Gasteiger partial charge in [0.15, 0.2) is 0 Å². The number of pyridine rings is 1. The first-order valence-electron chi connectivity index (χ1n) is 6.50. The largest absolute Gasteiger partial charge is 0.497 e. The highest BCUT2D eigenvalue weighted by atomic mass is 32.2. The molecule has 104 valence electrons. The Kier molecular flexibility index (Phi) is 3.69. The summed E-state index contributed by atoms with van der Waals surface area (Å²) in [6.45, 7) is 2.59. The summed E-state index contributed by atoms with van der Waals surface area (Å²) in [6, 6.07) is 10.0. The van der Waals surface area contributed by atoms with Gasteiger partial charge in [0, 0.05) is 28.4 Å². The number of benzene rings is 1. The van der Waals surface area contributed by atoms with Crippen molar-refractivity contribution >= 4 is 17.4 Å². The van der Waals surface area contributed by atoms with Crippen LogP contribution in [0.3, 0.4) is 0 Å². The lowest BCUT2D eigenvalue weighted by Gasteiger charge is -2.10. The summed E-state index contributed by atoms with van der Waals surface area (Å²) in [5, 5.41) is 3.66. The molecular formula is C15H16N2O2S. The number of nitrogens with zero attached hydrogens (tertiary/aromatic N) is 1. The maximum absolute atomic E-state index is 5.36. The fourth-order valence-corrected chi connectivity index (χ4v) is 3.23. The second-order valence-corrected chi connectivity index (χ2v) is 5.51. The number of rotatable bonds is 4. The normalized spacial score (nSPS) is 16.4. The van der Waals surface area contributed by atoms with Gasteiger partial charge < -0.3 is 14.8 Å². The molecule has 1 N–H and O–H groups in total. The molecule has 0 bridgehead atoms. The molecule has 5 heteroatoms. The molecule has 20 heavy (non-hydrogen) atoms. The van der Waals surface area contributed by atoms with Crippen molar-refractivity contribution in [3.8, 4) is 11.6 Å². The molecule has 1 atom stereocenters. The van der Waals surface area contributed by atoms with Crippen molar-refractivity contribution in [1.29, 1.82) is 0 Å². The Labute approximate surface area is 122 Å². The number of anilines is 1. The van der Waals surface area contributed by atoms with Gasteiger partial charge in [-0.25, -0.2) is 4.98 Å². The number of thioether (sulfide) groups is 1. The molecule has 4 nitrogen and oxygen atoms in total. The third-order valence-corrected chi connectivity index (χ3v) is 4.29. The highest BCUT2D eigenvalue weighted by molar-refractivity contribution is 8.00. The van der Waals surface area contributed by atoms with E-state index < -0.39 is 0 Å². The Bertz CT molecular complexity index is 601. The van der Waals surface area contributed by atoms with E-state index in [0.717, 1.165) is 17.0 Å². The first kappa shape index (κ1) is 13.1. The Morgan fingerprint density at radius 1 is 1.30 bits per heavy atom. The van der Waals surface area contributed by atoms with Gasteiger partial charge in [0.1, 0.15) is 11.1 Å². The maximum Gasteiger partial charge on any atom is 0.213 e. The first-order valence-corrected chi connectivity index (χ1v) is 7.38. The number of aromatic nitrogens is 1. The van der Waals surface area contributed by atoms with Crippen LogP contribution in [0.15, 0.2) is 41.4 Å². The molecule has 0 fully saturated rings. The summed E-state index contributed by atoms with van der Waals surface area (Å²) >= 11 is 1.77. The van der Waals surface area contributed by atoms with Gasteiger partial charge in [-0.3, -0.25) is 0 Å². The molecule has 0 radical (unpaired) electrons. The van der Waals surface area contributed by atoms with Gasteiger partial charge in [-0.15, -0.1) is 0 Å². The minimum Gasteiger partial charge on any atom is -0.497 e. The predicted octanol–water partition coefficient (Wildman–Crippen LogP) is 3.71. The van der Waals surface area contributed by atoms with E-state index in [1.54, 1.807) is 18.9 Å². The Morgan fingerprint density at radius 2 is 2.20 bits per heavy atom. The van der Waals surface area contributed by atoms with Crippen LogP contribution >= 0.6 is 11.8 Å². The second-order valence-electron chi connectivity index (χ2n) is 4.37. The van der Waals surface area contributed by atoms with Crippen molar-refractivity contribution in [2.24, 2.45) is 0 Å². The lowest BCUT2D eigenvalue weighted by Crippen LogP contribution is -2.02. The van der Waals surface area contributed by atoms with E-state index in [1.165, 1.54) is 4.90 Å². The summed E-state index contributed by atoms with van der Waals surface area (Å²) in [5.74, 6) is 1.54. The van der Waals surface area contributed by atoms with Crippen LogP contribution in [-0.4, -0.2) is 18.7 Å². The maximum atomic E-state index is 5.36. The van der Waals surface area contributed by atoms with Crippen molar-refractivity contribution < 1.29 is 9.47 Å². The average Bonchev–Trinajstić information content (AvgIpc) is 2.91. The molecule has 1 aromatic carbocycles. The molecule has 1 aliphatic rings. The average molecular weight is 288 g/mol. The molecule has 3 rings (SSSR count). The Balaban J connectivity index is 1.77. The van der Waals surface area contributed by atoms with Crippen molar-refractivity contribution in [3.05, 3.63) is 42.1 Å². The fourth-order valence-electron chi connectivity index (χ4n) is 2.08. The third-order valence-electron chi connectivity index (χ3n) is 3.07. The van der Waals surface area contributed by atoms with Crippen LogP contribution in [0.25, 0.3) is 0 Å². The lowest BCUT2D eigenvalue weighted by atomic mass is 10.2. The van der Waals surface area contributed by atoms with E-state index in [9.17, 15) is 0 Å². The van der Waals surface area contributed by atoms with Crippen LogP contribution in [0.5, 0.6) is 11.6 Å². The van der Waals surface area contributed by atoms with Crippen LogP contribution < -0.4 is 14.8 Å². The van der Waals surface area contributed by atoms with Crippen LogP contribution in [0.4, 0.5) is 5.69 Å². The number of nitrogens with one attached hydrogen (secondary N) is 1. The molecule has 0 aliphatic carbocycles. The van der Waals surface area contributed by atoms with Gasteiger partial charge in [-0.05, 0) is 31.2 Å². The number of methoxy groups -OCH3 is 1. The smallest absolute Gasteiger partial charge is 0.213 e. The van der Waals surface area contributed by atoms with E-state index in [2.05, 4.69) is 16.4 Å². The summed E-state index contributed by atoms with van der Waals surface area (Å²) in [4.78, 5) is 5.51. The minimum atomic E-state index is 0.181. The lowest BCUT2D eigenvalue weighted by molar-refractivity contribution is 0.326. The van der Waals surface area contributed by atoms with E-state index >= 15 is 0 Å². The molecule has 1 aromatic heterocycles. The number of ether oxygens (including phenoxy) is 2. The van der Waals surface area contributed by atoms with Gasteiger partial charge in [0.25, 0.3) is 0 Å². The van der Waals surface area contributed by atoms with Crippen molar-refractivity contribution in [1.82, 2.24) is 4.98 Å². The highest BCUT2D eigenvalue weighted by Crippen LogP contribution is 2.47. The Hall–Kier alpha value is -1.88. The van der Waals surface area contributed by atoms with Crippen LogP contribution in [0.2, 0.25) is 0 Å². The summed E-state index contributed by atoms with van der Waals surface area (Å²) in [5.41, 5.74) is 2.27. The standard InChI is InChI=1S/C15H16N2O2S/c1-3-19-14-7-4-10(9-16-14)15-17-12-6-5-11(18-2)8-13(12)20-15/h4-9,15,17H,3H2,1-2H3. The monoisotopic (exact) mass is 288 g/mol. The predicted molar refractivity (Wildman–Crippen MR) is 80.6 cm³/mol. The molecule has 2 aromatic rings. The third kappa shape index (κ3) is 2.54. The van der Waals surface area contributed by atoms with Crippen molar-refractivity contribution in [2.45, 2.75) is 17.2 Å². The van der Waals surface area contributed by atoms with Crippen LogP contribution in [0, 0.1) is 0 Å². The molecule has 0 amide bonds. The number of fused-ring (bicyclic) bond motifs is 1. The molecule has 0 saturated carbocycles. The van der Waals surface area contributed by atoms with E-state index in [0.29, 0.717) is 12.5 Å². The first-order chi connectivity index (χ1) is 9.80. The SMILES string of the molecule is CCOc1ccc(C2Nc3ccc(OC)cc3S2)cn1. The van der Waals surface area contributed by atoms with Gasteiger partial charge >= 0.3 is 0 Å². The van der Waals surface area contributed by atoms with E-state index in [4.69, 9.17) is 9.47 Å². The van der Waals surface area contributed by atoms with Gasteiger partial charge in [0.05, 0.1) is 13.7 Å². The van der Waals surface area contributed by atoms with Gasteiger partial charge in [-0.1, -0.05) is 11.8 Å².